The fourth-order valence-electron chi connectivity index (χ4n) is 3.09. The number of carbonyl (C=O) groups is 1. The number of nitrogens with one attached hydrogen (secondary N) is 1. The number of hydrogen-bond donors (Lipinski definition) is 1. The molecule has 0 spiro atoms. The van der Waals surface area contributed by atoms with Crippen LogP contribution in [-0.4, -0.2) is 10.9 Å². The second-order valence-corrected chi connectivity index (χ2v) is 8.95. The molecule has 1 aromatic heterocycles. The van der Waals surface area contributed by atoms with Crippen LogP contribution in [0.15, 0.2) is 65.1 Å². The van der Waals surface area contributed by atoms with E-state index in [0.717, 1.165) is 5.56 Å². The third-order valence-electron chi connectivity index (χ3n) is 4.82. The normalized spacial score (nSPS) is 11.6. The number of oxazole rings is 1. The first-order valence-corrected chi connectivity index (χ1v) is 10.2. The summed E-state index contributed by atoms with van der Waals surface area (Å²) in [5.41, 5.74) is 4.22. The van der Waals surface area contributed by atoms with Crippen molar-refractivity contribution in [1.29, 1.82) is 0 Å². The van der Waals surface area contributed by atoms with Crippen LogP contribution in [0.2, 0.25) is 10.0 Å². The minimum absolute atomic E-state index is 0.0243. The van der Waals surface area contributed by atoms with Gasteiger partial charge in [-0.25, -0.2) is 4.98 Å². The second kappa shape index (κ2) is 7.78. The molecular formula is C24H20Cl2N2O2. The molecule has 1 amide bonds. The van der Waals surface area contributed by atoms with Gasteiger partial charge in [-0.15, -0.1) is 0 Å². The summed E-state index contributed by atoms with van der Waals surface area (Å²) >= 11 is 12.3. The molecule has 6 heteroatoms. The summed E-state index contributed by atoms with van der Waals surface area (Å²) < 4.78 is 5.81. The van der Waals surface area contributed by atoms with Gasteiger partial charge in [0.2, 0.25) is 5.89 Å². The van der Waals surface area contributed by atoms with Gasteiger partial charge in [0.15, 0.2) is 5.58 Å². The first-order chi connectivity index (χ1) is 14.2. The molecule has 0 radical (unpaired) electrons. The molecule has 0 aliphatic rings. The Kier molecular flexibility index (Phi) is 5.31. The first-order valence-electron chi connectivity index (χ1n) is 9.48. The first kappa shape index (κ1) is 20.5. The van der Waals surface area contributed by atoms with Crippen molar-refractivity contribution in [2.45, 2.75) is 26.2 Å². The Hall–Kier alpha value is -2.82. The van der Waals surface area contributed by atoms with E-state index in [1.54, 1.807) is 36.4 Å². The lowest BCUT2D eigenvalue weighted by molar-refractivity contribution is 0.102. The van der Waals surface area contributed by atoms with E-state index in [1.165, 1.54) is 0 Å². The fourth-order valence-corrected chi connectivity index (χ4v) is 3.43. The third kappa shape index (κ3) is 4.20. The maximum Gasteiger partial charge on any atom is 0.255 e. The van der Waals surface area contributed by atoms with Crippen molar-refractivity contribution >= 4 is 45.9 Å². The van der Waals surface area contributed by atoms with E-state index in [-0.39, 0.29) is 11.3 Å². The molecule has 0 fully saturated rings. The highest BCUT2D eigenvalue weighted by atomic mass is 35.5. The molecule has 0 atom stereocenters. The van der Waals surface area contributed by atoms with E-state index in [9.17, 15) is 4.79 Å². The van der Waals surface area contributed by atoms with Gasteiger partial charge in [-0.3, -0.25) is 4.79 Å². The van der Waals surface area contributed by atoms with Gasteiger partial charge in [0.1, 0.15) is 5.52 Å². The van der Waals surface area contributed by atoms with Crippen molar-refractivity contribution in [1.82, 2.24) is 4.98 Å². The zero-order valence-electron chi connectivity index (χ0n) is 16.8. The van der Waals surface area contributed by atoms with Gasteiger partial charge in [-0.05, 0) is 59.5 Å². The number of carbonyl (C=O) groups excluding carboxylic acids is 1. The minimum atomic E-state index is -0.237. The van der Waals surface area contributed by atoms with E-state index in [4.69, 9.17) is 27.6 Å². The number of amides is 1. The average molecular weight is 439 g/mol. The van der Waals surface area contributed by atoms with E-state index in [2.05, 4.69) is 31.1 Å². The highest BCUT2D eigenvalue weighted by molar-refractivity contribution is 6.34. The van der Waals surface area contributed by atoms with Crippen molar-refractivity contribution in [2.75, 3.05) is 5.32 Å². The van der Waals surface area contributed by atoms with Gasteiger partial charge in [0.25, 0.3) is 5.91 Å². The highest BCUT2D eigenvalue weighted by Gasteiger charge is 2.16. The molecule has 0 aliphatic carbocycles. The molecule has 0 saturated heterocycles. The summed E-state index contributed by atoms with van der Waals surface area (Å²) in [5.74, 6) is 0.188. The van der Waals surface area contributed by atoms with Crippen molar-refractivity contribution in [2.24, 2.45) is 0 Å². The Bertz CT molecular complexity index is 1240. The van der Waals surface area contributed by atoms with Crippen LogP contribution >= 0.6 is 23.2 Å². The van der Waals surface area contributed by atoms with E-state index in [1.807, 2.05) is 24.3 Å². The molecule has 4 rings (SSSR count). The molecule has 152 valence electrons. The zero-order chi connectivity index (χ0) is 21.5. The topological polar surface area (TPSA) is 55.1 Å². The van der Waals surface area contributed by atoms with Gasteiger partial charge in [-0.2, -0.15) is 0 Å². The molecule has 0 unspecified atom stereocenters. The van der Waals surface area contributed by atoms with Gasteiger partial charge in [0.05, 0.1) is 10.7 Å². The molecule has 0 aliphatic heterocycles. The summed E-state index contributed by atoms with van der Waals surface area (Å²) in [6.45, 7) is 6.40. The minimum Gasteiger partial charge on any atom is -0.436 e. The van der Waals surface area contributed by atoms with Crippen LogP contribution in [0, 0.1) is 0 Å². The zero-order valence-corrected chi connectivity index (χ0v) is 18.3. The number of halogens is 2. The number of nitrogens with zero attached hydrogens (tertiary/aromatic N) is 1. The monoisotopic (exact) mass is 438 g/mol. The molecular weight excluding hydrogens is 419 g/mol. The largest absolute Gasteiger partial charge is 0.436 e. The number of fused-ring (bicyclic) bond motifs is 1. The molecule has 0 bridgehead atoms. The molecule has 30 heavy (non-hydrogen) atoms. The summed E-state index contributed by atoms with van der Waals surface area (Å²) in [7, 11) is 0. The van der Waals surface area contributed by atoms with Crippen LogP contribution in [-0.2, 0) is 5.41 Å². The van der Waals surface area contributed by atoms with Crippen LogP contribution < -0.4 is 5.32 Å². The SMILES string of the molecule is CC(C)(C)c1ccc(C(=O)Nc2cc(-c3nc4cc(Cl)ccc4o3)ccc2Cl)cc1. The molecule has 3 aromatic carbocycles. The highest BCUT2D eigenvalue weighted by Crippen LogP contribution is 2.31. The average Bonchev–Trinajstić information content (AvgIpc) is 3.12. The van der Waals surface area contributed by atoms with Crippen LogP contribution in [0.3, 0.4) is 0 Å². The number of hydrogen-bond acceptors (Lipinski definition) is 3. The van der Waals surface area contributed by atoms with Crippen molar-refractivity contribution in [3.63, 3.8) is 0 Å². The van der Waals surface area contributed by atoms with E-state index < -0.39 is 0 Å². The number of aromatic nitrogens is 1. The Morgan fingerprint density at radius 2 is 1.70 bits per heavy atom. The summed E-state index contributed by atoms with van der Waals surface area (Å²) in [6.07, 6.45) is 0. The Balaban J connectivity index is 1.60. The number of benzene rings is 3. The lowest BCUT2D eigenvalue weighted by Crippen LogP contribution is -2.14. The second-order valence-electron chi connectivity index (χ2n) is 8.11. The number of rotatable bonds is 3. The summed E-state index contributed by atoms with van der Waals surface area (Å²) in [6, 6.07) is 18.1. The Morgan fingerprint density at radius 3 is 2.40 bits per heavy atom. The Labute approximate surface area is 184 Å². The van der Waals surface area contributed by atoms with Crippen LogP contribution in [0.25, 0.3) is 22.6 Å². The number of anilines is 1. The van der Waals surface area contributed by atoms with Crippen LogP contribution in [0.1, 0.15) is 36.7 Å². The van der Waals surface area contributed by atoms with E-state index >= 15 is 0 Å². The quantitative estimate of drug-likeness (QED) is 0.363. The molecule has 1 heterocycles. The van der Waals surface area contributed by atoms with Crippen LogP contribution in [0.4, 0.5) is 5.69 Å². The molecule has 0 saturated carbocycles. The standard InChI is InChI=1S/C24H20Cl2N2O2/c1-24(2,3)16-7-4-14(5-8-16)22(29)27-19-12-15(6-10-18(19)26)23-28-20-13-17(25)9-11-21(20)30-23/h4-13H,1-3H3,(H,27,29). The molecule has 1 N–H and O–H groups in total. The summed E-state index contributed by atoms with van der Waals surface area (Å²) in [4.78, 5) is 17.2. The Morgan fingerprint density at radius 1 is 0.967 bits per heavy atom. The fraction of sp³-hybridized carbons (Fsp3) is 0.167. The van der Waals surface area contributed by atoms with Crippen molar-refractivity contribution in [3.8, 4) is 11.5 Å². The smallest absolute Gasteiger partial charge is 0.255 e. The molecule has 4 aromatic rings. The van der Waals surface area contributed by atoms with Crippen molar-refractivity contribution in [3.05, 3.63) is 81.8 Å². The third-order valence-corrected chi connectivity index (χ3v) is 5.39. The van der Waals surface area contributed by atoms with E-state index in [0.29, 0.717) is 43.9 Å². The van der Waals surface area contributed by atoms with Crippen molar-refractivity contribution < 1.29 is 9.21 Å². The van der Waals surface area contributed by atoms with Gasteiger partial charge in [-0.1, -0.05) is 56.1 Å². The maximum atomic E-state index is 12.7. The predicted octanol–water partition coefficient (Wildman–Crippen LogP) is 7.35. The van der Waals surface area contributed by atoms with Gasteiger partial charge < -0.3 is 9.73 Å². The van der Waals surface area contributed by atoms with Gasteiger partial charge in [0, 0.05) is 16.1 Å². The lowest BCUT2D eigenvalue weighted by atomic mass is 9.87. The predicted molar refractivity (Wildman–Crippen MR) is 123 cm³/mol. The lowest BCUT2D eigenvalue weighted by Gasteiger charge is -2.19. The van der Waals surface area contributed by atoms with Gasteiger partial charge >= 0.3 is 0 Å². The maximum absolute atomic E-state index is 12.7. The molecule has 4 nitrogen and oxygen atoms in total. The van der Waals surface area contributed by atoms with Crippen LogP contribution in [0.5, 0.6) is 0 Å². The summed E-state index contributed by atoms with van der Waals surface area (Å²) in [5, 5.41) is 3.89.